The molecule has 1 N–H and O–H groups in total. The molecule has 1 fully saturated rings. The first kappa shape index (κ1) is 20.2. The number of rotatable bonds is 6. The summed E-state index contributed by atoms with van der Waals surface area (Å²) in [5.74, 6) is 1.13. The molecule has 162 valence electrons. The highest BCUT2D eigenvalue weighted by Gasteiger charge is 2.13. The molecular formula is C25H25N5O2. The molecule has 0 radical (unpaired) electrons. The lowest BCUT2D eigenvalue weighted by atomic mass is 10.1. The van der Waals surface area contributed by atoms with Gasteiger partial charge in [-0.1, -0.05) is 12.1 Å². The minimum Gasteiger partial charge on any atom is -0.423 e. The number of nitrogens with one attached hydrogen (secondary N) is 1. The highest BCUT2D eigenvalue weighted by atomic mass is 16.4. The van der Waals surface area contributed by atoms with E-state index in [0.29, 0.717) is 17.6 Å². The van der Waals surface area contributed by atoms with Crippen molar-refractivity contribution in [2.45, 2.75) is 26.3 Å². The van der Waals surface area contributed by atoms with Crippen LogP contribution in [-0.4, -0.2) is 32.5 Å². The first-order chi connectivity index (χ1) is 15.6. The van der Waals surface area contributed by atoms with Crippen LogP contribution in [0.1, 0.15) is 24.0 Å². The predicted molar refractivity (Wildman–Crippen MR) is 124 cm³/mol. The first-order valence-corrected chi connectivity index (χ1v) is 10.8. The minimum absolute atomic E-state index is 0.138. The van der Waals surface area contributed by atoms with E-state index in [2.05, 4.69) is 45.3 Å². The molecule has 3 aromatic heterocycles. The second-order valence-corrected chi connectivity index (χ2v) is 8.16. The van der Waals surface area contributed by atoms with Crippen LogP contribution < -0.4 is 10.9 Å². The van der Waals surface area contributed by atoms with Crippen molar-refractivity contribution in [1.29, 1.82) is 0 Å². The number of nitrogens with zero attached hydrogens (tertiary/aromatic N) is 4. The van der Waals surface area contributed by atoms with Crippen molar-refractivity contribution in [2.24, 2.45) is 0 Å². The number of anilines is 2. The van der Waals surface area contributed by atoms with Gasteiger partial charge in [-0.3, -0.25) is 14.3 Å². The summed E-state index contributed by atoms with van der Waals surface area (Å²) in [4.78, 5) is 23.3. The number of hydrogen-bond donors (Lipinski definition) is 1. The van der Waals surface area contributed by atoms with Gasteiger partial charge in [0.25, 0.3) is 11.6 Å². The summed E-state index contributed by atoms with van der Waals surface area (Å²) in [5.41, 5.74) is 4.10. The molecule has 0 atom stereocenters. The fraction of sp³-hybridized carbons (Fsp3) is 0.240. The molecule has 4 heterocycles. The van der Waals surface area contributed by atoms with Gasteiger partial charge in [-0.2, -0.15) is 0 Å². The van der Waals surface area contributed by atoms with E-state index in [4.69, 9.17) is 4.42 Å². The van der Waals surface area contributed by atoms with Gasteiger partial charge >= 0.3 is 0 Å². The smallest absolute Gasteiger partial charge is 0.299 e. The molecule has 1 aliphatic rings. The molecule has 7 nitrogen and oxygen atoms in total. The summed E-state index contributed by atoms with van der Waals surface area (Å²) in [5, 5.41) is 3.29. The van der Waals surface area contributed by atoms with Gasteiger partial charge in [0, 0.05) is 36.3 Å². The van der Waals surface area contributed by atoms with Crippen LogP contribution in [0.15, 0.2) is 76.3 Å². The largest absolute Gasteiger partial charge is 0.423 e. The van der Waals surface area contributed by atoms with Gasteiger partial charge in [-0.15, -0.1) is 0 Å². The summed E-state index contributed by atoms with van der Waals surface area (Å²) in [6.45, 7) is 5.40. The van der Waals surface area contributed by atoms with Gasteiger partial charge < -0.3 is 9.73 Å². The van der Waals surface area contributed by atoms with Crippen molar-refractivity contribution < 1.29 is 4.42 Å². The number of benzene rings is 1. The molecular weight excluding hydrogens is 402 g/mol. The molecule has 7 heteroatoms. The molecule has 1 saturated heterocycles. The molecule has 0 spiro atoms. The molecule has 0 saturated carbocycles. The molecule has 5 rings (SSSR count). The number of hydrogen-bond acceptors (Lipinski definition) is 6. The number of oxazole rings is 1. The van der Waals surface area contributed by atoms with Crippen LogP contribution in [0.5, 0.6) is 0 Å². The second kappa shape index (κ2) is 8.80. The topological polar surface area (TPSA) is 76.2 Å². The van der Waals surface area contributed by atoms with E-state index < -0.39 is 0 Å². The monoisotopic (exact) mass is 427 g/mol. The lowest BCUT2D eigenvalue weighted by molar-refractivity contribution is 0.331. The van der Waals surface area contributed by atoms with E-state index >= 15 is 0 Å². The Labute approximate surface area is 186 Å². The molecule has 1 aliphatic heterocycles. The van der Waals surface area contributed by atoms with E-state index in [-0.39, 0.29) is 5.56 Å². The predicted octanol–water partition coefficient (Wildman–Crippen LogP) is 4.54. The SMILES string of the molecule is Cc1cc(CN2CCCC2)cc(Nc2ncc(-c3ccnc(-n4ccccc4=O)c3)o2)c1. The lowest BCUT2D eigenvalue weighted by Crippen LogP contribution is -2.18. The maximum Gasteiger partial charge on any atom is 0.299 e. The fourth-order valence-electron chi connectivity index (χ4n) is 4.13. The highest BCUT2D eigenvalue weighted by molar-refractivity contribution is 5.61. The zero-order valence-electron chi connectivity index (χ0n) is 18.0. The molecule has 32 heavy (non-hydrogen) atoms. The van der Waals surface area contributed by atoms with Crippen molar-refractivity contribution in [3.63, 3.8) is 0 Å². The van der Waals surface area contributed by atoms with Crippen molar-refractivity contribution in [2.75, 3.05) is 18.4 Å². The summed E-state index contributed by atoms with van der Waals surface area (Å²) in [6.07, 6.45) is 7.59. The van der Waals surface area contributed by atoms with Gasteiger partial charge in [0.1, 0.15) is 5.82 Å². The van der Waals surface area contributed by atoms with Crippen LogP contribution in [0.2, 0.25) is 0 Å². The maximum atomic E-state index is 12.1. The Morgan fingerprint density at radius 3 is 2.78 bits per heavy atom. The van der Waals surface area contributed by atoms with Crippen LogP contribution >= 0.6 is 0 Å². The minimum atomic E-state index is -0.138. The third-order valence-electron chi connectivity index (χ3n) is 5.60. The van der Waals surface area contributed by atoms with E-state index in [9.17, 15) is 4.79 Å². The van der Waals surface area contributed by atoms with Gasteiger partial charge in [0.2, 0.25) is 0 Å². The quantitative estimate of drug-likeness (QED) is 0.487. The standard InChI is InChI=1S/C25H25N5O2/c1-18-12-19(17-29-9-4-5-10-29)14-21(13-18)28-25-27-16-22(32-25)20-7-8-26-23(15-20)30-11-3-2-6-24(30)31/h2-3,6-8,11-16H,4-5,9-10,17H2,1H3,(H,27,28). The average molecular weight is 428 g/mol. The molecule has 1 aromatic carbocycles. The number of likely N-dealkylation sites (tertiary alicyclic amines) is 1. The number of pyridine rings is 2. The summed E-state index contributed by atoms with van der Waals surface area (Å²) < 4.78 is 7.45. The van der Waals surface area contributed by atoms with Gasteiger partial charge in [0.05, 0.1) is 6.20 Å². The zero-order valence-corrected chi connectivity index (χ0v) is 18.0. The first-order valence-electron chi connectivity index (χ1n) is 10.8. The van der Waals surface area contributed by atoms with E-state index in [1.165, 1.54) is 47.7 Å². The summed E-state index contributed by atoms with van der Waals surface area (Å²) in [6, 6.07) is 15.6. The van der Waals surface area contributed by atoms with Gasteiger partial charge in [-0.05, 0) is 74.3 Å². The van der Waals surface area contributed by atoms with Crippen LogP contribution in [0.25, 0.3) is 17.1 Å². The molecule has 0 aliphatic carbocycles. The average Bonchev–Trinajstić information content (AvgIpc) is 3.46. The van der Waals surface area contributed by atoms with Crippen molar-refractivity contribution >= 4 is 11.7 Å². The molecule has 0 unspecified atom stereocenters. The Morgan fingerprint density at radius 2 is 1.94 bits per heavy atom. The van der Waals surface area contributed by atoms with Crippen molar-refractivity contribution in [1.82, 2.24) is 19.4 Å². The van der Waals surface area contributed by atoms with E-state index in [1.54, 1.807) is 30.7 Å². The lowest BCUT2D eigenvalue weighted by Gasteiger charge is -2.16. The summed E-state index contributed by atoms with van der Waals surface area (Å²) in [7, 11) is 0. The van der Waals surface area contributed by atoms with Crippen molar-refractivity contribution in [3.8, 4) is 17.1 Å². The Hall–Kier alpha value is -3.71. The number of aryl methyl sites for hydroxylation is 1. The van der Waals surface area contributed by atoms with Crippen LogP contribution in [0.4, 0.5) is 11.7 Å². The second-order valence-electron chi connectivity index (χ2n) is 8.16. The molecule has 0 bridgehead atoms. The third-order valence-corrected chi connectivity index (χ3v) is 5.60. The van der Waals surface area contributed by atoms with Crippen LogP contribution in [-0.2, 0) is 6.54 Å². The van der Waals surface area contributed by atoms with E-state index in [0.717, 1.165) is 17.8 Å². The molecule has 0 amide bonds. The Balaban J connectivity index is 1.36. The zero-order chi connectivity index (χ0) is 21.9. The normalized spacial score (nSPS) is 14.0. The van der Waals surface area contributed by atoms with Gasteiger partial charge in [0.15, 0.2) is 5.76 Å². The van der Waals surface area contributed by atoms with Crippen molar-refractivity contribution in [3.05, 3.63) is 88.6 Å². The maximum absolute atomic E-state index is 12.1. The fourth-order valence-corrected chi connectivity index (χ4v) is 4.13. The van der Waals surface area contributed by atoms with E-state index in [1.807, 2.05) is 12.1 Å². The number of aromatic nitrogens is 3. The van der Waals surface area contributed by atoms with Crippen LogP contribution in [0, 0.1) is 6.92 Å². The Morgan fingerprint density at radius 1 is 1.06 bits per heavy atom. The van der Waals surface area contributed by atoms with Crippen LogP contribution in [0.3, 0.4) is 0 Å². The molecule has 4 aromatic rings. The summed E-state index contributed by atoms with van der Waals surface area (Å²) >= 11 is 0. The highest BCUT2D eigenvalue weighted by Crippen LogP contribution is 2.26. The third kappa shape index (κ3) is 4.48. The Bertz CT molecular complexity index is 1290. The Kier molecular flexibility index (Phi) is 5.56. The van der Waals surface area contributed by atoms with Gasteiger partial charge in [-0.25, -0.2) is 9.97 Å².